The van der Waals surface area contributed by atoms with Gasteiger partial charge in [0.15, 0.2) is 5.82 Å². The van der Waals surface area contributed by atoms with Gasteiger partial charge < -0.3 is 25.2 Å². The molecule has 4 heterocycles. The highest BCUT2D eigenvalue weighted by Gasteiger charge is 2.33. The third-order valence-corrected chi connectivity index (χ3v) is 9.69. The van der Waals surface area contributed by atoms with Crippen molar-refractivity contribution in [2.75, 3.05) is 74.6 Å². The highest BCUT2D eigenvalue weighted by molar-refractivity contribution is 6.30. The molecule has 0 radical (unpaired) electrons. The van der Waals surface area contributed by atoms with E-state index in [4.69, 9.17) is 21.2 Å². The zero-order valence-electron chi connectivity index (χ0n) is 27.1. The Labute approximate surface area is 280 Å². The summed E-state index contributed by atoms with van der Waals surface area (Å²) >= 11 is 6.07. The Bertz CT molecular complexity index is 1600. The number of hydrogen-bond acceptors (Lipinski definition) is 10. The highest BCUT2D eigenvalue weighted by atomic mass is 35.5. The number of likely N-dealkylation sites (N-methyl/N-ethyl adjacent to an activating group) is 1. The molecule has 250 valence electrons. The molecule has 6 rings (SSSR count). The van der Waals surface area contributed by atoms with Crippen molar-refractivity contribution in [2.24, 2.45) is 0 Å². The van der Waals surface area contributed by atoms with Gasteiger partial charge in [-0.1, -0.05) is 30.3 Å². The standard InChI is InChI=1S/C34H42ClFN8O3/c1-5-33(45)40-26-17-27(30(46-4)18-29(26)42-13-9-22(10-14-42)43-15-11-23(20-43)41(2)3)39-31-19-32(38-21-37-31)44-28(12-16-47-44)24-7-6-8-25(35)34(24)36/h5-8,17-19,21-23,28H,1,9-16,20H2,2-4H3,(H,40,45)(H,37,38,39). The number of likely N-dealkylation sites (tertiary alicyclic amines) is 1. The highest BCUT2D eigenvalue weighted by Crippen LogP contribution is 2.41. The van der Waals surface area contributed by atoms with E-state index in [0.717, 1.165) is 44.7 Å². The maximum absolute atomic E-state index is 14.9. The van der Waals surface area contributed by atoms with Crippen LogP contribution in [0.3, 0.4) is 0 Å². The van der Waals surface area contributed by atoms with Crippen LogP contribution in [-0.4, -0.2) is 91.7 Å². The molecule has 3 aliphatic rings. The van der Waals surface area contributed by atoms with Crippen LogP contribution < -0.4 is 25.3 Å². The molecule has 2 unspecified atom stereocenters. The van der Waals surface area contributed by atoms with Crippen LogP contribution >= 0.6 is 11.6 Å². The van der Waals surface area contributed by atoms with Gasteiger partial charge in [0.05, 0.1) is 41.8 Å². The number of nitrogens with one attached hydrogen (secondary N) is 2. The molecular weight excluding hydrogens is 623 g/mol. The first-order chi connectivity index (χ1) is 22.7. The summed E-state index contributed by atoms with van der Waals surface area (Å²) in [5, 5.41) is 7.96. The summed E-state index contributed by atoms with van der Waals surface area (Å²) in [6, 6.07) is 11.2. The number of halogens is 2. The third-order valence-electron chi connectivity index (χ3n) is 9.39. The molecule has 1 aromatic heterocycles. The zero-order chi connectivity index (χ0) is 33.1. The van der Waals surface area contributed by atoms with Crippen molar-refractivity contribution in [3.05, 3.63) is 71.8 Å². The van der Waals surface area contributed by atoms with E-state index in [2.05, 4.69) is 56.0 Å². The third kappa shape index (κ3) is 7.15. The molecule has 0 saturated carbocycles. The molecule has 11 nitrogen and oxygen atoms in total. The normalized spacial score (nSPS) is 20.6. The van der Waals surface area contributed by atoms with Crippen LogP contribution in [0.4, 0.5) is 33.1 Å². The molecular formula is C34H42ClFN8O3. The van der Waals surface area contributed by atoms with E-state index in [1.54, 1.807) is 30.4 Å². The van der Waals surface area contributed by atoms with Gasteiger partial charge in [-0.2, -0.15) is 0 Å². The van der Waals surface area contributed by atoms with Crippen LogP contribution in [0, 0.1) is 5.82 Å². The van der Waals surface area contributed by atoms with Crippen molar-refractivity contribution in [1.29, 1.82) is 0 Å². The van der Waals surface area contributed by atoms with Crippen molar-refractivity contribution in [1.82, 2.24) is 19.8 Å². The number of aromatic nitrogens is 2. The average Bonchev–Trinajstić information content (AvgIpc) is 3.78. The number of hydrogen-bond donors (Lipinski definition) is 2. The Hall–Kier alpha value is -3.97. The summed E-state index contributed by atoms with van der Waals surface area (Å²) in [6.07, 6.45) is 6.53. The van der Waals surface area contributed by atoms with Crippen LogP contribution in [0.5, 0.6) is 5.75 Å². The summed E-state index contributed by atoms with van der Waals surface area (Å²) in [5.74, 6) is 0.727. The molecule has 1 amide bonds. The van der Waals surface area contributed by atoms with Gasteiger partial charge in [-0.15, -0.1) is 0 Å². The Morgan fingerprint density at radius 1 is 1.13 bits per heavy atom. The molecule has 0 bridgehead atoms. The van der Waals surface area contributed by atoms with Gasteiger partial charge in [0.25, 0.3) is 0 Å². The minimum absolute atomic E-state index is 0.0587. The molecule has 47 heavy (non-hydrogen) atoms. The van der Waals surface area contributed by atoms with E-state index in [1.807, 2.05) is 12.1 Å². The molecule has 3 fully saturated rings. The lowest BCUT2D eigenvalue weighted by molar-refractivity contribution is -0.111. The lowest BCUT2D eigenvalue weighted by Gasteiger charge is -2.39. The smallest absolute Gasteiger partial charge is 0.247 e. The Morgan fingerprint density at radius 3 is 2.66 bits per heavy atom. The number of amides is 1. The van der Waals surface area contributed by atoms with E-state index >= 15 is 0 Å². The van der Waals surface area contributed by atoms with Gasteiger partial charge in [0.2, 0.25) is 5.91 Å². The number of hydroxylamine groups is 1. The van der Waals surface area contributed by atoms with Gasteiger partial charge >= 0.3 is 0 Å². The lowest BCUT2D eigenvalue weighted by atomic mass is 10.0. The van der Waals surface area contributed by atoms with Crippen LogP contribution in [0.25, 0.3) is 0 Å². The minimum Gasteiger partial charge on any atom is -0.494 e. The van der Waals surface area contributed by atoms with Crippen LogP contribution in [0.1, 0.15) is 37.3 Å². The predicted molar refractivity (Wildman–Crippen MR) is 183 cm³/mol. The summed E-state index contributed by atoms with van der Waals surface area (Å²) < 4.78 is 20.8. The Morgan fingerprint density at radius 2 is 1.94 bits per heavy atom. The van der Waals surface area contributed by atoms with Crippen LogP contribution in [0.2, 0.25) is 5.02 Å². The quantitative estimate of drug-likeness (QED) is 0.265. The van der Waals surface area contributed by atoms with Crippen molar-refractivity contribution in [3.8, 4) is 5.75 Å². The molecule has 3 aliphatic heterocycles. The Kier molecular flexibility index (Phi) is 10.1. The number of nitrogens with zero attached hydrogens (tertiary/aromatic N) is 6. The summed E-state index contributed by atoms with van der Waals surface area (Å²) in [5.41, 5.74) is 2.56. The Balaban J connectivity index is 1.22. The largest absolute Gasteiger partial charge is 0.494 e. The van der Waals surface area contributed by atoms with Crippen molar-refractivity contribution in [3.63, 3.8) is 0 Å². The van der Waals surface area contributed by atoms with Crippen molar-refractivity contribution >= 4 is 46.2 Å². The maximum atomic E-state index is 14.9. The number of carbonyl (C=O) groups excluding carboxylic acids is 1. The number of carbonyl (C=O) groups is 1. The predicted octanol–water partition coefficient (Wildman–Crippen LogP) is 5.63. The number of rotatable bonds is 10. The molecule has 3 saturated heterocycles. The molecule has 13 heteroatoms. The summed E-state index contributed by atoms with van der Waals surface area (Å²) in [4.78, 5) is 34.5. The fourth-order valence-corrected chi connectivity index (χ4v) is 6.99. The molecule has 0 spiro atoms. The number of ether oxygens (including phenoxy) is 1. The first-order valence-corrected chi connectivity index (χ1v) is 16.4. The van der Waals surface area contributed by atoms with Crippen LogP contribution in [0.15, 0.2) is 55.4 Å². The van der Waals surface area contributed by atoms with Gasteiger partial charge in [-0.3, -0.25) is 14.5 Å². The van der Waals surface area contributed by atoms with Crippen molar-refractivity contribution < 1.29 is 18.8 Å². The number of piperidine rings is 1. The second kappa shape index (κ2) is 14.4. The van der Waals surface area contributed by atoms with E-state index in [1.165, 1.54) is 24.9 Å². The molecule has 3 aromatic rings. The SMILES string of the molecule is C=CC(=O)Nc1cc(Nc2cc(N3OCCC3c3cccc(Cl)c3F)ncn2)c(OC)cc1N1CCC(N2CCC(N(C)C)C2)CC1. The van der Waals surface area contributed by atoms with Gasteiger partial charge in [0, 0.05) is 62.4 Å². The second-order valence-corrected chi connectivity index (χ2v) is 12.8. The van der Waals surface area contributed by atoms with Crippen LogP contribution in [-0.2, 0) is 9.63 Å². The topological polar surface area (TPSA) is 98.3 Å². The first-order valence-electron chi connectivity index (χ1n) is 16.0. The van der Waals surface area contributed by atoms with Gasteiger partial charge in [0.1, 0.15) is 23.7 Å². The van der Waals surface area contributed by atoms with Gasteiger partial charge in [-0.25, -0.2) is 19.4 Å². The van der Waals surface area contributed by atoms with Gasteiger partial charge in [-0.05, 0) is 51.6 Å². The zero-order valence-corrected chi connectivity index (χ0v) is 27.8. The van der Waals surface area contributed by atoms with Crippen molar-refractivity contribution in [2.45, 2.75) is 43.8 Å². The molecule has 0 aliphatic carbocycles. The fourth-order valence-electron chi connectivity index (χ4n) is 6.80. The van der Waals surface area contributed by atoms with E-state index in [-0.39, 0.29) is 10.9 Å². The minimum atomic E-state index is -0.473. The number of anilines is 5. The summed E-state index contributed by atoms with van der Waals surface area (Å²) in [7, 11) is 5.93. The van der Waals surface area contributed by atoms with E-state index in [9.17, 15) is 9.18 Å². The average molecular weight is 665 g/mol. The van der Waals surface area contributed by atoms with E-state index < -0.39 is 11.9 Å². The second-order valence-electron chi connectivity index (χ2n) is 12.4. The number of benzene rings is 2. The first kappa shape index (κ1) is 33.0. The maximum Gasteiger partial charge on any atom is 0.247 e. The lowest BCUT2D eigenvalue weighted by Crippen LogP contribution is -2.45. The molecule has 2 atom stereocenters. The summed E-state index contributed by atoms with van der Waals surface area (Å²) in [6.45, 7) is 8.01. The monoisotopic (exact) mass is 664 g/mol. The fraction of sp³-hybridized carbons (Fsp3) is 0.441. The van der Waals surface area contributed by atoms with E-state index in [0.29, 0.717) is 59.4 Å². The molecule has 2 N–H and O–H groups in total. The number of methoxy groups -OCH3 is 1. The molecule has 2 aromatic carbocycles.